The van der Waals surface area contributed by atoms with Crippen LogP contribution in [0.15, 0.2) is 0 Å². The Morgan fingerprint density at radius 1 is 0.656 bits per heavy atom. The second kappa shape index (κ2) is 11.0. The minimum absolute atomic E-state index is 0.171. The van der Waals surface area contributed by atoms with E-state index < -0.39 is 95.8 Å². The van der Waals surface area contributed by atoms with Crippen molar-refractivity contribution >= 4 is 75.1 Å². The van der Waals surface area contributed by atoms with Crippen molar-refractivity contribution in [3.05, 3.63) is 0 Å². The summed E-state index contributed by atoms with van der Waals surface area (Å²) in [5.41, 5.74) is 0. The first-order chi connectivity index (χ1) is 14.9. The summed E-state index contributed by atoms with van der Waals surface area (Å²) in [5, 5.41) is 0. The summed E-state index contributed by atoms with van der Waals surface area (Å²) in [4.78, 5) is 72.2. The summed E-state index contributed by atoms with van der Waals surface area (Å²) in [7, 11) is 0. The van der Waals surface area contributed by atoms with Gasteiger partial charge >= 0.3 is 196 Å². The van der Waals surface area contributed by atoms with Crippen molar-refractivity contribution in [2.45, 2.75) is 74.1 Å². The zero-order valence-corrected chi connectivity index (χ0v) is 24.0. The van der Waals surface area contributed by atoms with Crippen molar-refractivity contribution in [1.29, 1.82) is 0 Å². The minimum atomic E-state index is -4.90. The molecule has 2 fully saturated rings. The van der Waals surface area contributed by atoms with Gasteiger partial charge in [-0.2, -0.15) is 0 Å². The molecule has 14 heteroatoms. The van der Waals surface area contributed by atoms with Crippen LogP contribution in [-0.4, -0.2) is 75.1 Å². The van der Waals surface area contributed by atoms with E-state index in [1.807, 2.05) is 0 Å². The fourth-order valence-electron chi connectivity index (χ4n) is 2.70. The predicted molar refractivity (Wildman–Crippen MR) is 106 cm³/mol. The van der Waals surface area contributed by atoms with Gasteiger partial charge in [0.05, 0.1) is 0 Å². The predicted octanol–water partition coefficient (Wildman–Crippen LogP) is 1.31. The SMILES string of the molecule is C[CH](C)[Sn]1([O]C(=O)CCC(=O)[O][Sn]2([CH](C)C)[O]C(=O)CCC(=O)[O]2)[O]C(=O)CCC(=O)[O]1. The molecule has 0 aromatic carbocycles. The first-order valence-electron chi connectivity index (χ1n) is 10.2. The van der Waals surface area contributed by atoms with Crippen LogP contribution in [0.2, 0.25) is 7.87 Å². The van der Waals surface area contributed by atoms with Crippen molar-refractivity contribution in [3.8, 4) is 0 Å². The van der Waals surface area contributed by atoms with Gasteiger partial charge in [-0.05, 0) is 0 Å². The molecule has 0 atom stereocenters. The molecule has 0 aliphatic carbocycles. The molecule has 0 N–H and O–H groups in total. The van der Waals surface area contributed by atoms with Crippen molar-refractivity contribution in [2.24, 2.45) is 0 Å². The van der Waals surface area contributed by atoms with E-state index in [1.54, 1.807) is 27.7 Å². The van der Waals surface area contributed by atoms with Crippen LogP contribution in [0.25, 0.3) is 0 Å². The van der Waals surface area contributed by atoms with Crippen LogP contribution < -0.4 is 0 Å². The van der Waals surface area contributed by atoms with Gasteiger partial charge in [0, 0.05) is 0 Å². The Kier molecular flexibility index (Phi) is 9.19. The number of hydrogen-bond acceptors (Lipinski definition) is 12. The molecule has 2 rings (SSSR count). The van der Waals surface area contributed by atoms with E-state index in [1.165, 1.54) is 0 Å². The Morgan fingerprint density at radius 3 is 1.12 bits per heavy atom. The van der Waals surface area contributed by atoms with Crippen LogP contribution in [0.4, 0.5) is 0 Å². The number of hydrogen-bond donors (Lipinski definition) is 0. The fraction of sp³-hybridized carbons (Fsp3) is 0.667. The molecule has 0 bridgehead atoms. The normalized spacial score (nSPS) is 20.3. The van der Waals surface area contributed by atoms with Crippen molar-refractivity contribution in [2.75, 3.05) is 0 Å². The second-order valence-corrected chi connectivity index (χ2v) is 24.8. The van der Waals surface area contributed by atoms with Crippen LogP contribution in [0.3, 0.4) is 0 Å². The summed E-state index contributed by atoms with van der Waals surface area (Å²) in [6.45, 7) is 6.44. The summed E-state index contributed by atoms with van der Waals surface area (Å²) in [6.07, 6.45) is -1.63. The Balaban J connectivity index is 2.03. The maximum absolute atomic E-state index is 12.4. The van der Waals surface area contributed by atoms with Gasteiger partial charge in [-0.15, -0.1) is 0 Å². The molecule has 0 spiro atoms. The monoisotopic (exact) mass is 674 g/mol. The molecular formula is C18H26O12Sn2. The summed E-state index contributed by atoms with van der Waals surface area (Å²) in [6, 6.07) is 0. The molecule has 2 aliphatic heterocycles. The molecule has 0 radical (unpaired) electrons. The van der Waals surface area contributed by atoms with E-state index in [0.29, 0.717) is 0 Å². The van der Waals surface area contributed by atoms with Crippen molar-refractivity contribution in [3.63, 3.8) is 0 Å². The third-order valence-corrected chi connectivity index (χ3v) is 21.4. The molecule has 32 heavy (non-hydrogen) atoms. The van der Waals surface area contributed by atoms with Crippen LogP contribution in [0.1, 0.15) is 66.2 Å². The van der Waals surface area contributed by atoms with Gasteiger partial charge in [-0.1, -0.05) is 0 Å². The zero-order chi connectivity index (χ0) is 24.1. The molecule has 0 aromatic rings. The van der Waals surface area contributed by atoms with Gasteiger partial charge in [0.15, 0.2) is 0 Å². The molecule has 2 aliphatic rings. The molecule has 0 aromatic heterocycles. The van der Waals surface area contributed by atoms with Gasteiger partial charge in [-0.3, -0.25) is 0 Å². The van der Waals surface area contributed by atoms with E-state index in [-0.39, 0.29) is 25.7 Å². The second-order valence-electron chi connectivity index (χ2n) is 7.86. The number of carbonyl (C=O) groups is 6. The van der Waals surface area contributed by atoms with Crippen LogP contribution in [0, 0.1) is 0 Å². The topological polar surface area (TPSA) is 158 Å². The number of carbonyl (C=O) groups excluding carboxylic acids is 6. The first kappa shape index (κ1) is 26.7. The average Bonchev–Trinajstić information content (AvgIpc) is 2.92. The third kappa shape index (κ3) is 6.96. The van der Waals surface area contributed by atoms with E-state index >= 15 is 0 Å². The zero-order valence-electron chi connectivity index (χ0n) is 18.3. The Labute approximate surface area is 195 Å². The summed E-state index contributed by atoms with van der Waals surface area (Å²) < 4.78 is 30.8. The Bertz CT molecular complexity index is 704. The van der Waals surface area contributed by atoms with E-state index in [2.05, 4.69) is 0 Å². The molecule has 2 saturated heterocycles. The van der Waals surface area contributed by atoms with E-state index in [9.17, 15) is 28.8 Å². The van der Waals surface area contributed by atoms with Gasteiger partial charge in [0.2, 0.25) is 0 Å². The maximum atomic E-state index is 12.4. The third-order valence-electron chi connectivity index (χ3n) is 4.55. The molecule has 178 valence electrons. The molecule has 12 nitrogen and oxygen atoms in total. The molecule has 0 unspecified atom stereocenters. The Hall–Kier alpha value is -1.58. The molecular weight excluding hydrogens is 646 g/mol. The van der Waals surface area contributed by atoms with Gasteiger partial charge in [-0.25, -0.2) is 0 Å². The standard InChI is InChI=1S/3C4H6O4.2C3H7.2Sn/c3*5-3(6)1-2-4(7)8;2*1-3-2;;/h3*1-2H2,(H,5,6)(H,7,8);2*3H,1-2H3;;/q;;;;;2*+3/p-6. The van der Waals surface area contributed by atoms with Gasteiger partial charge < -0.3 is 0 Å². The van der Waals surface area contributed by atoms with Crippen molar-refractivity contribution < 1.29 is 47.2 Å². The summed E-state index contributed by atoms with van der Waals surface area (Å²) in [5.74, 6) is -4.54. The Morgan fingerprint density at radius 2 is 0.906 bits per heavy atom. The summed E-state index contributed by atoms with van der Waals surface area (Å²) >= 11 is -9.80. The van der Waals surface area contributed by atoms with Crippen LogP contribution in [0.5, 0.6) is 0 Å². The molecule has 0 amide bonds. The first-order valence-corrected chi connectivity index (χ1v) is 20.5. The van der Waals surface area contributed by atoms with E-state index in [4.69, 9.17) is 18.4 Å². The van der Waals surface area contributed by atoms with Crippen LogP contribution >= 0.6 is 0 Å². The van der Waals surface area contributed by atoms with E-state index in [0.717, 1.165) is 0 Å². The van der Waals surface area contributed by atoms with Gasteiger partial charge in [0.1, 0.15) is 0 Å². The van der Waals surface area contributed by atoms with Gasteiger partial charge in [0.25, 0.3) is 0 Å². The number of rotatable bonds is 7. The quantitative estimate of drug-likeness (QED) is 0.358. The molecule has 0 saturated carbocycles. The molecule has 2 heterocycles. The fourth-order valence-corrected chi connectivity index (χ4v) is 14.6. The van der Waals surface area contributed by atoms with Crippen molar-refractivity contribution in [1.82, 2.24) is 0 Å². The average molecular weight is 672 g/mol. The van der Waals surface area contributed by atoms with Crippen LogP contribution in [-0.2, 0) is 47.2 Å².